The SMILES string of the molecule is CCCCN(CC(F)(F)F)C(=O)C1c2ccccc2-c2ccc(C(=O)c3ccccc3-c3ccccn3)c(N3CCCC3N)c21. The predicted molar refractivity (Wildman–Crippen MR) is 169 cm³/mol. The molecule has 2 unspecified atom stereocenters. The van der Waals surface area contributed by atoms with Crippen molar-refractivity contribution in [2.75, 3.05) is 24.5 Å². The number of alkyl halides is 3. The van der Waals surface area contributed by atoms with Gasteiger partial charge in [-0.3, -0.25) is 14.6 Å². The average Bonchev–Trinajstić information content (AvgIpc) is 3.62. The number of hydrogen-bond acceptors (Lipinski definition) is 5. The van der Waals surface area contributed by atoms with Gasteiger partial charge < -0.3 is 15.5 Å². The standard InChI is InChI=1S/C36H35F3N4O2/c1-2-3-20-42(22-36(37,38)39)35(45)32-25-13-6-4-11-23(25)26-17-18-28(33(31(26)32)43-21-10-16-30(43)40)34(44)27-14-7-5-12-24(27)29-15-8-9-19-41-29/h4-9,11-15,17-19,30,32H,2-3,10,16,20-22,40H2,1H3. The number of fused-ring (bicyclic) bond motifs is 3. The minimum absolute atomic E-state index is 0.0164. The molecular weight excluding hydrogens is 577 g/mol. The van der Waals surface area contributed by atoms with Crippen molar-refractivity contribution in [3.8, 4) is 22.4 Å². The summed E-state index contributed by atoms with van der Waals surface area (Å²) in [6.07, 6.45) is -0.760. The van der Waals surface area contributed by atoms with Crippen molar-refractivity contribution >= 4 is 17.4 Å². The van der Waals surface area contributed by atoms with Crippen molar-refractivity contribution in [3.05, 3.63) is 107 Å². The molecule has 2 aliphatic rings. The molecule has 0 spiro atoms. The highest BCUT2D eigenvalue weighted by molar-refractivity contribution is 6.17. The fraction of sp³-hybridized carbons (Fsp3) is 0.306. The number of ketones is 1. The van der Waals surface area contributed by atoms with E-state index in [0.29, 0.717) is 65.0 Å². The number of anilines is 1. The summed E-state index contributed by atoms with van der Waals surface area (Å²) in [6.45, 7) is 1.08. The molecule has 232 valence electrons. The van der Waals surface area contributed by atoms with Gasteiger partial charge in [-0.25, -0.2) is 0 Å². The molecule has 1 aromatic heterocycles. The van der Waals surface area contributed by atoms with Crippen LogP contribution in [0.3, 0.4) is 0 Å². The minimum Gasteiger partial charge on any atom is -0.355 e. The normalized spacial score (nSPS) is 17.2. The molecule has 45 heavy (non-hydrogen) atoms. The minimum atomic E-state index is -4.56. The van der Waals surface area contributed by atoms with E-state index in [1.165, 1.54) is 0 Å². The van der Waals surface area contributed by atoms with Crippen LogP contribution in [0.5, 0.6) is 0 Å². The third kappa shape index (κ3) is 5.84. The first-order valence-corrected chi connectivity index (χ1v) is 15.4. The number of aromatic nitrogens is 1. The molecule has 1 aliphatic carbocycles. The van der Waals surface area contributed by atoms with Gasteiger partial charge in [0.1, 0.15) is 6.54 Å². The number of benzene rings is 3. The molecule has 6 rings (SSSR count). The number of hydrogen-bond donors (Lipinski definition) is 1. The Morgan fingerprint density at radius 3 is 2.36 bits per heavy atom. The molecule has 0 saturated carbocycles. The number of amides is 1. The Balaban J connectivity index is 1.56. The second kappa shape index (κ2) is 12.5. The number of halogens is 3. The maximum Gasteiger partial charge on any atom is 0.406 e. The van der Waals surface area contributed by atoms with Gasteiger partial charge in [0.05, 0.1) is 23.5 Å². The highest BCUT2D eigenvalue weighted by atomic mass is 19.4. The van der Waals surface area contributed by atoms with Gasteiger partial charge in [0.15, 0.2) is 5.78 Å². The van der Waals surface area contributed by atoms with Crippen molar-refractivity contribution in [2.45, 2.75) is 50.9 Å². The fourth-order valence-corrected chi connectivity index (χ4v) is 6.69. The molecule has 3 aromatic carbocycles. The zero-order valence-corrected chi connectivity index (χ0v) is 25.1. The van der Waals surface area contributed by atoms with Crippen molar-refractivity contribution in [1.82, 2.24) is 9.88 Å². The molecule has 1 aliphatic heterocycles. The van der Waals surface area contributed by atoms with Gasteiger partial charge in [-0.2, -0.15) is 13.2 Å². The van der Waals surface area contributed by atoms with E-state index < -0.39 is 30.7 Å². The van der Waals surface area contributed by atoms with E-state index in [0.717, 1.165) is 22.4 Å². The van der Waals surface area contributed by atoms with Crippen molar-refractivity contribution < 1.29 is 22.8 Å². The number of pyridine rings is 1. The number of unbranched alkanes of at least 4 members (excludes halogenated alkanes) is 1. The Morgan fingerprint density at radius 2 is 1.67 bits per heavy atom. The van der Waals surface area contributed by atoms with E-state index in [4.69, 9.17) is 5.73 Å². The molecule has 0 bridgehead atoms. The summed E-state index contributed by atoms with van der Waals surface area (Å²) in [7, 11) is 0. The third-order valence-corrected chi connectivity index (χ3v) is 8.72. The molecule has 2 heterocycles. The van der Waals surface area contributed by atoms with Crippen LogP contribution in [0.25, 0.3) is 22.4 Å². The number of rotatable bonds is 9. The summed E-state index contributed by atoms with van der Waals surface area (Å²) in [5.74, 6) is -1.91. The van der Waals surface area contributed by atoms with E-state index in [1.807, 2.05) is 54.3 Å². The summed E-state index contributed by atoms with van der Waals surface area (Å²) in [6, 6.07) is 23.6. The van der Waals surface area contributed by atoms with E-state index in [9.17, 15) is 22.8 Å². The Labute approximate surface area is 260 Å². The van der Waals surface area contributed by atoms with E-state index in [-0.39, 0.29) is 12.3 Å². The Hall–Kier alpha value is -4.50. The van der Waals surface area contributed by atoms with Crippen LogP contribution >= 0.6 is 0 Å². The molecule has 0 radical (unpaired) electrons. The van der Waals surface area contributed by atoms with Gasteiger partial charge in [-0.1, -0.05) is 74.0 Å². The molecule has 1 saturated heterocycles. The zero-order valence-electron chi connectivity index (χ0n) is 25.1. The van der Waals surface area contributed by atoms with Crippen LogP contribution in [0, 0.1) is 0 Å². The van der Waals surface area contributed by atoms with Gasteiger partial charge >= 0.3 is 6.18 Å². The molecule has 2 N–H and O–H groups in total. The van der Waals surface area contributed by atoms with Crippen LogP contribution < -0.4 is 10.6 Å². The van der Waals surface area contributed by atoms with Crippen LogP contribution in [0.1, 0.15) is 65.6 Å². The molecule has 9 heteroatoms. The third-order valence-electron chi connectivity index (χ3n) is 8.72. The highest BCUT2D eigenvalue weighted by Gasteiger charge is 2.44. The monoisotopic (exact) mass is 612 g/mol. The molecule has 6 nitrogen and oxygen atoms in total. The quantitative estimate of drug-likeness (QED) is 0.203. The number of nitrogens with zero attached hydrogens (tertiary/aromatic N) is 3. The first-order chi connectivity index (χ1) is 21.7. The molecular formula is C36H35F3N4O2. The average molecular weight is 613 g/mol. The van der Waals surface area contributed by atoms with Crippen LogP contribution in [0.2, 0.25) is 0 Å². The topological polar surface area (TPSA) is 79.5 Å². The van der Waals surface area contributed by atoms with Crippen molar-refractivity contribution in [3.63, 3.8) is 0 Å². The lowest BCUT2D eigenvalue weighted by Gasteiger charge is -2.32. The predicted octanol–water partition coefficient (Wildman–Crippen LogP) is 7.17. The lowest BCUT2D eigenvalue weighted by Crippen LogP contribution is -2.43. The van der Waals surface area contributed by atoms with Crippen molar-refractivity contribution in [1.29, 1.82) is 0 Å². The van der Waals surface area contributed by atoms with Crippen molar-refractivity contribution in [2.24, 2.45) is 5.73 Å². The summed E-state index contributed by atoms with van der Waals surface area (Å²) in [5.41, 5.74) is 11.9. The Kier molecular flexibility index (Phi) is 8.46. The van der Waals surface area contributed by atoms with E-state index >= 15 is 0 Å². The first-order valence-electron chi connectivity index (χ1n) is 15.4. The van der Waals surface area contributed by atoms with E-state index in [1.54, 1.807) is 42.6 Å². The largest absolute Gasteiger partial charge is 0.406 e. The van der Waals surface area contributed by atoms with E-state index in [2.05, 4.69) is 4.98 Å². The first kappa shape index (κ1) is 30.5. The summed E-state index contributed by atoms with van der Waals surface area (Å²) in [4.78, 5) is 36.3. The van der Waals surface area contributed by atoms with Crippen LogP contribution in [-0.2, 0) is 4.79 Å². The lowest BCUT2D eigenvalue weighted by atomic mass is 9.88. The highest BCUT2D eigenvalue weighted by Crippen LogP contribution is 2.52. The molecule has 1 fully saturated rings. The van der Waals surface area contributed by atoms with Gasteiger partial charge in [0.2, 0.25) is 5.91 Å². The van der Waals surface area contributed by atoms with Gasteiger partial charge in [-0.05, 0) is 54.2 Å². The summed E-state index contributed by atoms with van der Waals surface area (Å²) < 4.78 is 41.4. The second-order valence-electron chi connectivity index (χ2n) is 11.7. The van der Waals surface area contributed by atoms with Gasteiger partial charge in [0, 0.05) is 41.5 Å². The number of carbonyl (C=O) groups excluding carboxylic acids is 2. The van der Waals surface area contributed by atoms with Crippen LogP contribution in [0.15, 0.2) is 85.1 Å². The Bertz CT molecular complexity index is 1720. The van der Waals surface area contributed by atoms with Gasteiger partial charge in [-0.15, -0.1) is 0 Å². The molecule has 2 atom stereocenters. The zero-order chi connectivity index (χ0) is 31.7. The Morgan fingerprint density at radius 1 is 0.933 bits per heavy atom. The maximum absolute atomic E-state index is 14.6. The maximum atomic E-state index is 14.6. The fourth-order valence-electron chi connectivity index (χ4n) is 6.69. The molecule has 1 amide bonds. The smallest absolute Gasteiger partial charge is 0.355 e. The van der Waals surface area contributed by atoms with Gasteiger partial charge in [0.25, 0.3) is 0 Å². The van der Waals surface area contributed by atoms with Crippen LogP contribution in [0.4, 0.5) is 18.9 Å². The summed E-state index contributed by atoms with van der Waals surface area (Å²) in [5, 5.41) is 0. The summed E-state index contributed by atoms with van der Waals surface area (Å²) >= 11 is 0. The lowest BCUT2D eigenvalue weighted by molar-refractivity contribution is -0.161. The van der Waals surface area contributed by atoms with Crippen LogP contribution in [-0.4, -0.2) is 53.6 Å². The number of carbonyl (C=O) groups is 2. The molecule has 4 aromatic rings. The second-order valence-corrected chi connectivity index (χ2v) is 11.7. The number of nitrogens with two attached hydrogens (primary N) is 1.